The van der Waals surface area contributed by atoms with Crippen LogP contribution in [0.3, 0.4) is 0 Å². The van der Waals surface area contributed by atoms with Crippen molar-refractivity contribution in [2.45, 2.75) is 44.1 Å². The predicted octanol–water partition coefficient (Wildman–Crippen LogP) is 1.84. The number of ether oxygens (including phenoxy) is 1. The van der Waals surface area contributed by atoms with Gasteiger partial charge in [0.2, 0.25) is 0 Å². The van der Waals surface area contributed by atoms with Crippen LogP contribution < -0.4 is 5.32 Å². The predicted molar refractivity (Wildman–Crippen MR) is 96.4 cm³/mol. The molecule has 0 aromatic rings. The van der Waals surface area contributed by atoms with E-state index in [1.165, 1.54) is 19.3 Å². The molecule has 1 saturated carbocycles. The maximum absolute atomic E-state index is 10.1. The van der Waals surface area contributed by atoms with E-state index < -0.39 is 5.60 Å². The van der Waals surface area contributed by atoms with Gasteiger partial charge in [-0.05, 0) is 44.4 Å². The summed E-state index contributed by atoms with van der Waals surface area (Å²) in [5, 5.41) is 13.4. The van der Waals surface area contributed by atoms with E-state index >= 15 is 0 Å². The molecular formula is C15H30IN3O2. The van der Waals surface area contributed by atoms with Gasteiger partial charge in [-0.2, -0.15) is 0 Å². The summed E-state index contributed by atoms with van der Waals surface area (Å²) in [5.74, 6) is 1.66. The Morgan fingerprint density at radius 3 is 2.57 bits per heavy atom. The second-order valence-electron chi connectivity index (χ2n) is 6.24. The minimum atomic E-state index is -0.502. The topological polar surface area (TPSA) is 57.1 Å². The zero-order valence-electron chi connectivity index (χ0n) is 13.3. The minimum absolute atomic E-state index is 0. The fourth-order valence-electron chi connectivity index (χ4n) is 2.91. The number of rotatable bonds is 5. The zero-order valence-corrected chi connectivity index (χ0v) is 15.6. The van der Waals surface area contributed by atoms with E-state index in [4.69, 9.17) is 4.74 Å². The van der Waals surface area contributed by atoms with Gasteiger partial charge in [-0.1, -0.05) is 0 Å². The molecule has 6 heteroatoms. The highest BCUT2D eigenvalue weighted by molar-refractivity contribution is 14.0. The molecule has 1 heterocycles. The van der Waals surface area contributed by atoms with Crippen molar-refractivity contribution >= 4 is 29.9 Å². The number of halogens is 1. The van der Waals surface area contributed by atoms with Gasteiger partial charge in [-0.3, -0.25) is 4.99 Å². The van der Waals surface area contributed by atoms with Crippen molar-refractivity contribution in [2.75, 3.05) is 40.4 Å². The second-order valence-corrected chi connectivity index (χ2v) is 6.24. The largest absolute Gasteiger partial charge is 0.388 e. The van der Waals surface area contributed by atoms with Crippen LogP contribution in [0.15, 0.2) is 4.99 Å². The summed E-state index contributed by atoms with van der Waals surface area (Å²) < 4.78 is 5.39. The molecule has 1 aliphatic carbocycles. The van der Waals surface area contributed by atoms with Crippen molar-refractivity contribution in [3.8, 4) is 0 Å². The summed E-state index contributed by atoms with van der Waals surface area (Å²) in [7, 11) is 3.87. The molecule has 1 aliphatic heterocycles. The van der Waals surface area contributed by atoms with Crippen LogP contribution >= 0.6 is 24.0 Å². The molecule has 0 amide bonds. The Morgan fingerprint density at radius 2 is 2.05 bits per heavy atom. The molecule has 2 rings (SSSR count). The lowest BCUT2D eigenvalue weighted by atomic mass is 9.80. The van der Waals surface area contributed by atoms with E-state index in [0.29, 0.717) is 6.54 Å². The maximum Gasteiger partial charge on any atom is 0.193 e. The Kier molecular flexibility index (Phi) is 8.26. The number of aliphatic hydroxyl groups is 1. The molecule has 0 atom stereocenters. The quantitative estimate of drug-likeness (QED) is 0.412. The van der Waals surface area contributed by atoms with E-state index in [1.807, 2.05) is 0 Å². The Bertz CT molecular complexity index is 329. The van der Waals surface area contributed by atoms with E-state index in [-0.39, 0.29) is 24.0 Å². The number of aliphatic imine (C=N–C) groups is 1. The van der Waals surface area contributed by atoms with Gasteiger partial charge in [0.05, 0.1) is 5.60 Å². The van der Waals surface area contributed by atoms with E-state index in [1.54, 1.807) is 7.05 Å². The lowest BCUT2D eigenvalue weighted by Gasteiger charge is -2.37. The van der Waals surface area contributed by atoms with Crippen molar-refractivity contribution in [1.82, 2.24) is 10.2 Å². The summed E-state index contributed by atoms with van der Waals surface area (Å²) in [6, 6.07) is 0. The third kappa shape index (κ3) is 5.90. The van der Waals surface area contributed by atoms with Crippen molar-refractivity contribution in [1.29, 1.82) is 0 Å². The van der Waals surface area contributed by atoms with Gasteiger partial charge in [0.1, 0.15) is 0 Å². The van der Waals surface area contributed by atoms with Crippen molar-refractivity contribution in [3.63, 3.8) is 0 Å². The van der Waals surface area contributed by atoms with Gasteiger partial charge in [-0.25, -0.2) is 0 Å². The Labute approximate surface area is 145 Å². The summed E-state index contributed by atoms with van der Waals surface area (Å²) in [6.45, 7) is 3.44. The number of nitrogens with zero attached hydrogens (tertiary/aromatic N) is 2. The zero-order chi connectivity index (χ0) is 14.4. The lowest BCUT2D eigenvalue weighted by molar-refractivity contribution is -0.0282. The summed E-state index contributed by atoms with van der Waals surface area (Å²) in [5.41, 5.74) is -0.502. The van der Waals surface area contributed by atoms with Gasteiger partial charge < -0.3 is 20.1 Å². The molecular weight excluding hydrogens is 381 g/mol. The lowest BCUT2D eigenvalue weighted by Crippen LogP contribution is -2.51. The minimum Gasteiger partial charge on any atom is -0.388 e. The molecule has 0 unspecified atom stereocenters. The Hall–Kier alpha value is -0.0800. The molecule has 0 aromatic carbocycles. The van der Waals surface area contributed by atoms with Gasteiger partial charge >= 0.3 is 0 Å². The molecule has 2 fully saturated rings. The highest BCUT2D eigenvalue weighted by atomic mass is 127. The fraction of sp³-hybridized carbons (Fsp3) is 0.933. The van der Waals surface area contributed by atoms with Crippen LogP contribution in [-0.2, 0) is 4.74 Å². The standard InChI is InChI=1S/C15H29N3O2.HI/c1-16-14(17-12-15(19)7-3-8-15)18(2)9-4-13-5-10-20-11-6-13;/h13,19H,3-12H2,1-2H3,(H,16,17);1H. The average molecular weight is 411 g/mol. The first-order valence-corrected chi connectivity index (χ1v) is 7.85. The third-order valence-corrected chi connectivity index (χ3v) is 4.65. The molecule has 21 heavy (non-hydrogen) atoms. The van der Waals surface area contributed by atoms with Gasteiger partial charge in [0.15, 0.2) is 5.96 Å². The summed E-state index contributed by atoms with van der Waals surface area (Å²) in [6.07, 6.45) is 6.49. The third-order valence-electron chi connectivity index (χ3n) is 4.65. The first-order chi connectivity index (χ1) is 9.63. The van der Waals surface area contributed by atoms with Crippen LogP contribution in [0.4, 0.5) is 0 Å². The fourth-order valence-corrected chi connectivity index (χ4v) is 2.91. The van der Waals surface area contributed by atoms with E-state index in [0.717, 1.165) is 50.9 Å². The molecule has 2 N–H and O–H groups in total. The normalized spacial score (nSPS) is 22.1. The van der Waals surface area contributed by atoms with Crippen LogP contribution in [0, 0.1) is 5.92 Å². The second kappa shape index (κ2) is 9.15. The number of guanidine groups is 1. The smallest absolute Gasteiger partial charge is 0.193 e. The first kappa shape index (κ1) is 19.0. The summed E-state index contributed by atoms with van der Waals surface area (Å²) in [4.78, 5) is 6.47. The average Bonchev–Trinajstić information content (AvgIpc) is 2.45. The number of hydrogen-bond donors (Lipinski definition) is 2. The van der Waals surface area contributed by atoms with E-state index in [2.05, 4.69) is 22.3 Å². The number of hydrogen-bond acceptors (Lipinski definition) is 3. The molecule has 124 valence electrons. The summed E-state index contributed by atoms with van der Waals surface area (Å²) >= 11 is 0. The van der Waals surface area contributed by atoms with Crippen LogP contribution in [0.2, 0.25) is 0 Å². The Balaban J connectivity index is 0.00000220. The Morgan fingerprint density at radius 1 is 1.38 bits per heavy atom. The van der Waals surface area contributed by atoms with Crippen molar-refractivity contribution in [2.24, 2.45) is 10.9 Å². The van der Waals surface area contributed by atoms with E-state index in [9.17, 15) is 5.11 Å². The van der Waals surface area contributed by atoms with Crippen molar-refractivity contribution in [3.05, 3.63) is 0 Å². The first-order valence-electron chi connectivity index (χ1n) is 7.85. The monoisotopic (exact) mass is 411 g/mol. The SMILES string of the molecule is CN=C(NCC1(O)CCC1)N(C)CCC1CCOCC1.I. The highest BCUT2D eigenvalue weighted by Gasteiger charge is 2.34. The van der Waals surface area contributed by atoms with Crippen LogP contribution in [0.1, 0.15) is 38.5 Å². The van der Waals surface area contributed by atoms with Gasteiger partial charge in [0, 0.05) is 40.4 Å². The molecule has 5 nitrogen and oxygen atoms in total. The van der Waals surface area contributed by atoms with Gasteiger partial charge in [0.25, 0.3) is 0 Å². The van der Waals surface area contributed by atoms with Crippen LogP contribution in [0.5, 0.6) is 0 Å². The van der Waals surface area contributed by atoms with Crippen LogP contribution in [-0.4, -0.2) is 62.0 Å². The number of nitrogens with one attached hydrogen (secondary N) is 1. The van der Waals surface area contributed by atoms with Crippen molar-refractivity contribution < 1.29 is 9.84 Å². The highest BCUT2D eigenvalue weighted by Crippen LogP contribution is 2.30. The van der Waals surface area contributed by atoms with Crippen LogP contribution in [0.25, 0.3) is 0 Å². The maximum atomic E-state index is 10.1. The molecule has 2 aliphatic rings. The molecule has 1 saturated heterocycles. The molecule has 0 radical (unpaired) electrons. The molecule has 0 spiro atoms. The molecule has 0 aromatic heterocycles. The molecule has 0 bridgehead atoms. The van der Waals surface area contributed by atoms with Gasteiger partial charge in [-0.15, -0.1) is 24.0 Å².